The van der Waals surface area contributed by atoms with E-state index in [0.29, 0.717) is 13.0 Å². The Morgan fingerprint density at radius 1 is 1.25 bits per heavy atom. The van der Waals surface area contributed by atoms with Crippen LogP contribution in [-0.2, 0) is 17.8 Å². The van der Waals surface area contributed by atoms with Crippen molar-refractivity contribution < 1.29 is 4.79 Å². The van der Waals surface area contributed by atoms with E-state index in [1.54, 1.807) is 0 Å². The first-order chi connectivity index (χ1) is 9.79. The fraction of sp³-hybridized carbons (Fsp3) is 0.533. The molecule has 0 atom stereocenters. The molecule has 110 valence electrons. The smallest absolute Gasteiger partial charge is 0.224 e. The molecule has 0 saturated carbocycles. The maximum atomic E-state index is 11.9. The second-order valence-electron chi connectivity index (χ2n) is 4.95. The summed E-state index contributed by atoms with van der Waals surface area (Å²) in [5.41, 5.74) is 7.76. The van der Waals surface area contributed by atoms with Crippen LogP contribution in [0.2, 0.25) is 0 Å². The Balaban J connectivity index is 1.72. The van der Waals surface area contributed by atoms with E-state index >= 15 is 0 Å². The van der Waals surface area contributed by atoms with Gasteiger partial charge in [-0.2, -0.15) is 11.8 Å². The van der Waals surface area contributed by atoms with Crippen LogP contribution in [0, 0.1) is 0 Å². The quantitative estimate of drug-likeness (QED) is 0.816. The number of benzene rings is 1. The highest BCUT2D eigenvalue weighted by Gasteiger charge is 2.11. The number of hydrogen-bond donors (Lipinski definition) is 2. The predicted octanol–water partition coefficient (Wildman–Crippen LogP) is 0.853. The molecule has 1 aliphatic rings. The van der Waals surface area contributed by atoms with Gasteiger partial charge in [-0.1, -0.05) is 24.3 Å². The van der Waals surface area contributed by atoms with Crippen LogP contribution in [0.25, 0.3) is 0 Å². The molecule has 5 heteroatoms. The average Bonchev–Trinajstić information content (AvgIpc) is 2.49. The minimum atomic E-state index is 0.0808. The lowest BCUT2D eigenvalue weighted by Crippen LogP contribution is -2.39. The Morgan fingerprint density at radius 2 is 1.95 bits per heavy atom. The lowest BCUT2D eigenvalue weighted by molar-refractivity contribution is -0.120. The van der Waals surface area contributed by atoms with Crippen molar-refractivity contribution >= 4 is 17.7 Å². The third-order valence-corrected chi connectivity index (χ3v) is 4.49. The highest BCUT2D eigenvalue weighted by molar-refractivity contribution is 7.99. The van der Waals surface area contributed by atoms with E-state index in [0.717, 1.165) is 37.3 Å². The zero-order valence-electron chi connectivity index (χ0n) is 11.8. The summed E-state index contributed by atoms with van der Waals surface area (Å²) in [6, 6.07) is 7.86. The molecule has 1 saturated heterocycles. The van der Waals surface area contributed by atoms with Crippen LogP contribution in [-0.4, -0.2) is 48.5 Å². The molecule has 0 bridgehead atoms. The van der Waals surface area contributed by atoms with Crippen molar-refractivity contribution in [3.05, 3.63) is 35.4 Å². The number of carbonyl (C=O) groups excluding carboxylic acids is 1. The zero-order chi connectivity index (χ0) is 14.2. The van der Waals surface area contributed by atoms with Crippen LogP contribution < -0.4 is 11.1 Å². The largest absolute Gasteiger partial charge is 0.355 e. The van der Waals surface area contributed by atoms with Gasteiger partial charge in [-0.15, -0.1) is 0 Å². The number of carbonyl (C=O) groups is 1. The number of thioether (sulfide) groups is 1. The number of rotatable bonds is 6. The molecule has 3 N–H and O–H groups in total. The number of nitrogens with zero attached hydrogens (tertiary/aromatic N) is 1. The molecule has 1 aromatic carbocycles. The van der Waals surface area contributed by atoms with Crippen molar-refractivity contribution in [2.75, 3.05) is 37.7 Å². The van der Waals surface area contributed by atoms with Crippen LogP contribution in [0.1, 0.15) is 11.1 Å². The summed E-state index contributed by atoms with van der Waals surface area (Å²) in [6.07, 6.45) is 0.420. The van der Waals surface area contributed by atoms with Crippen LogP contribution in [0.5, 0.6) is 0 Å². The van der Waals surface area contributed by atoms with Crippen molar-refractivity contribution in [3.63, 3.8) is 0 Å². The van der Waals surface area contributed by atoms with Gasteiger partial charge in [-0.25, -0.2) is 0 Å². The lowest BCUT2D eigenvalue weighted by Gasteiger charge is -2.26. The molecule has 1 amide bonds. The van der Waals surface area contributed by atoms with Crippen LogP contribution in [0.15, 0.2) is 24.3 Å². The van der Waals surface area contributed by atoms with E-state index in [9.17, 15) is 4.79 Å². The number of nitrogens with two attached hydrogens (primary N) is 1. The van der Waals surface area contributed by atoms with E-state index in [2.05, 4.69) is 10.2 Å². The molecule has 20 heavy (non-hydrogen) atoms. The maximum Gasteiger partial charge on any atom is 0.224 e. The molecule has 1 heterocycles. The molecule has 0 spiro atoms. The molecule has 0 aliphatic carbocycles. The van der Waals surface area contributed by atoms with Gasteiger partial charge >= 0.3 is 0 Å². The molecule has 0 aromatic heterocycles. The van der Waals surface area contributed by atoms with Crippen molar-refractivity contribution in [1.29, 1.82) is 0 Å². The minimum absolute atomic E-state index is 0.0808. The number of amides is 1. The lowest BCUT2D eigenvalue weighted by atomic mass is 10.0. The van der Waals surface area contributed by atoms with Gasteiger partial charge < -0.3 is 11.1 Å². The summed E-state index contributed by atoms with van der Waals surface area (Å²) < 4.78 is 0. The number of nitrogens with one attached hydrogen (secondary N) is 1. The van der Waals surface area contributed by atoms with Gasteiger partial charge in [0.1, 0.15) is 0 Å². The Hall–Kier alpha value is -1.04. The van der Waals surface area contributed by atoms with Gasteiger partial charge in [0.05, 0.1) is 6.42 Å². The summed E-state index contributed by atoms with van der Waals surface area (Å²) in [5, 5.41) is 3.00. The fourth-order valence-corrected chi connectivity index (χ4v) is 3.32. The van der Waals surface area contributed by atoms with Crippen LogP contribution in [0.4, 0.5) is 0 Å². The van der Waals surface area contributed by atoms with E-state index in [-0.39, 0.29) is 5.91 Å². The molecule has 4 nitrogen and oxygen atoms in total. The van der Waals surface area contributed by atoms with E-state index in [1.165, 1.54) is 11.5 Å². The minimum Gasteiger partial charge on any atom is -0.355 e. The van der Waals surface area contributed by atoms with E-state index < -0.39 is 0 Å². The molecule has 2 rings (SSSR count). The fourth-order valence-electron chi connectivity index (χ4n) is 2.34. The van der Waals surface area contributed by atoms with Gasteiger partial charge in [0.15, 0.2) is 0 Å². The first-order valence-electron chi connectivity index (χ1n) is 7.13. The average molecular weight is 293 g/mol. The first-order valence-corrected chi connectivity index (χ1v) is 8.28. The second-order valence-corrected chi connectivity index (χ2v) is 6.18. The third-order valence-electron chi connectivity index (χ3n) is 3.54. The maximum absolute atomic E-state index is 11.9. The zero-order valence-corrected chi connectivity index (χ0v) is 12.6. The van der Waals surface area contributed by atoms with Gasteiger partial charge in [0.2, 0.25) is 5.91 Å². The Bertz CT molecular complexity index is 433. The van der Waals surface area contributed by atoms with Crippen molar-refractivity contribution in [1.82, 2.24) is 10.2 Å². The normalized spacial score (nSPS) is 16.1. The molecule has 1 aliphatic heterocycles. The SMILES string of the molecule is NCc1ccccc1CC(=O)NCCN1CCSCC1. The first kappa shape index (κ1) is 15.4. The van der Waals surface area contributed by atoms with Crippen LogP contribution in [0.3, 0.4) is 0 Å². The molecule has 0 radical (unpaired) electrons. The summed E-state index contributed by atoms with van der Waals surface area (Å²) in [7, 11) is 0. The van der Waals surface area contributed by atoms with Crippen molar-refractivity contribution in [3.8, 4) is 0 Å². The topological polar surface area (TPSA) is 58.4 Å². The number of hydrogen-bond acceptors (Lipinski definition) is 4. The summed E-state index contributed by atoms with van der Waals surface area (Å²) in [5.74, 6) is 2.49. The summed E-state index contributed by atoms with van der Waals surface area (Å²) >= 11 is 2.00. The molecule has 1 aromatic rings. The Labute approximate surface area is 125 Å². The molecule has 1 fully saturated rings. The van der Waals surface area contributed by atoms with Crippen molar-refractivity contribution in [2.45, 2.75) is 13.0 Å². The van der Waals surface area contributed by atoms with E-state index in [4.69, 9.17) is 5.73 Å². The second kappa shape index (κ2) is 8.29. The van der Waals surface area contributed by atoms with Gasteiger partial charge in [-0.05, 0) is 11.1 Å². The Kier molecular flexibility index (Phi) is 6.36. The highest BCUT2D eigenvalue weighted by atomic mass is 32.2. The molecular formula is C15H23N3OS. The summed E-state index contributed by atoms with van der Waals surface area (Å²) in [4.78, 5) is 14.4. The van der Waals surface area contributed by atoms with E-state index in [1.807, 2.05) is 36.0 Å². The highest BCUT2D eigenvalue weighted by Crippen LogP contribution is 2.09. The summed E-state index contributed by atoms with van der Waals surface area (Å²) in [6.45, 7) is 4.43. The van der Waals surface area contributed by atoms with Gasteiger partial charge in [-0.3, -0.25) is 9.69 Å². The molecule has 0 unspecified atom stereocenters. The van der Waals surface area contributed by atoms with Gasteiger partial charge in [0.25, 0.3) is 0 Å². The third kappa shape index (κ3) is 4.81. The van der Waals surface area contributed by atoms with Crippen molar-refractivity contribution in [2.24, 2.45) is 5.73 Å². The monoisotopic (exact) mass is 293 g/mol. The Morgan fingerprint density at radius 3 is 2.65 bits per heavy atom. The van der Waals surface area contributed by atoms with Gasteiger partial charge in [0, 0.05) is 44.2 Å². The molecular weight excluding hydrogens is 270 g/mol. The van der Waals surface area contributed by atoms with Crippen LogP contribution >= 0.6 is 11.8 Å². The predicted molar refractivity (Wildman–Crippen MR) is 84.8 cm³/mol. The standard InChI is InChI=1S/C15H23N3OS/c16-12-14-4-2-1-3-13(14)11-15(19)17-5-6-18-7-9-20-10-8-18/h1-4H,5-12,16H2,(H,17,19).